The van der Waals surface area contributed by atoms with Crippen molar-refractivity contribution in [3.63, 3.8) is 0 Å². The first-order valence-corrected chi connectivity index (χ1v) is 5.11. The molecule has 16 heavy (non-hydrogen) atoms. The molecule has 1 aromatic rings. The van der Waals surface area contributed by atoms with Crippen LogP contribution in [0.15, 0.2) is 18.3 Å². The van der Waals surface area contributed by atoms with Gasteiger partial charge < -0.3 is 9.64 Å². The molecule has 88 valence electrons. The quantitative estimate of drug-likeness (QED) is 0.715. The van der Waals surface area contributed by atoms with E-state index >= 15 is 0 Å². The molecule has 0 aliphatic carbocycles. The molecular weight excluding hydrogens is 211 g/mol. The summed E-state index contributed by atoms with van der Waals surface area (Å²) in [5.74, 6) is -0.645. The second kappa shape index (κ2) is 6.05. The standard InChI is InChI=1S/C11H15FN2O2/c1-3-7-14(8-10(15)16-2)11-9(12)5-4-6-13-11/h4-6H,3,7-8H2,1-2H3. The topological polar surface area (TPSA) is 42.4 Å². The molecule has 4 nitrogen and oxygen atoms in total. The van der Waals surface area contributed by atoms with Gasteiger partial charge in [0.05, 0.1) is 7.11 Å². The fraction of sp³-hybridized carbons (Fsp3) is 0.455. The summed E-state index contributed by atoms with van der Waals surface area (Å²) in [5, 5.41) is 0. The number of ether oxygens (including phenoxy) is 1. The van der Waals surface area contributed by atoms with Gasteiger partial charge in [-0.1, -0.05) is 6.92 Å². The smallest absolute Gasteiger partial charge is 0.325 e. The highest BCUT2D eigenvalue weighted by molar-refractivity contribution is 5.75. The molecule has 5 heteroatoms. The summed E-state index contributed by atoms with van der Waals surface area (Å²) in [4.78, 5) is 16.7. The minimum absolute atomic E-state index is 0.0122. The molecule has 1 aromatic heterocycles. The van der Waals surface area contributed by atoms with Gasteiger partial charge in [0.25, 0.3) is 0 Å². The molecule has 0 amide bonds. The summed E-state index contributed by atoms with van der Waals surface area (Å²) in [6.07, 6.45) is 2.30. The minimum Gasteiger partial charge on any atom is -0.468 e. The average molecular weight is 226 g/mol. The Morgan fingerprint density at radius 1 is 1.62 bits per heavy atom. The number of esters is 1. The van der Waals surface area contributed by atoms with E-state index in [9.17, 15) is 9.18 Å². The van der Waals surface area contributed by atoms with Gasteiger partial charge in [0.15, 0.2) is 11.6 Å². The number of rotatable bonds is 5. The van der Waals surface area contributed by atoms with Crippen molar-refractivity contribution in [3.05, 3.63) is 24.1 Å². The molecule has 0 aromatic carbocycles. The number of hydrogen-bond acceptors (Lipinski definition) is 4. The Labute approximate surface area is 94.0 Å². The predicted octanol–water partition coefficient (Wildman–Crippen LogP) is 1.61. The van der Waals surface area contributed by atoms with Crippen molar-refractivity contribution in [3.8, 4) is 0 Å². The van der Waals surface area contributed by atoms with Crippen LogP contribution < -0.4 is 4.90 Å². The lowest BCUT2D eigenvalue weighted by atomic mass is 10.3. The van der Waals surface area contributed by atoms with Gasteiger partial charge >= 0.3 is 5.97 Å². The molecule has 1 heterocycles. The van der Waals surface area contributed by atoms with Gasteiger partial charge in [-0.05, 0) is 18.6 Å². The summed E-state index contributed by atoms with van der Waals surface area (Å²) >= 11 is 0. The van der Waals surface area contributed by atoms with Crippen molar-refractivity contribution < 1.29 is 13.9 Å². The Balaban J connectivity index is 2.85. The van der Waals surface area contributed by atoms with Crippen LogP contribution >= 0.6 is 0 Å². The van der Waals surface area contributed by atoms with Crippen molar-refractivity contribution in [1.82, 2.24) is 4.98 Å². The van der Waals surface area contributed by atoms with Crippen LogP contribution in [0.2, 0.25) is 0 Å². The Hall–Kier alpha value is -1.65. The molecule has 0 radical (unpaired) electrons. The summed E-state index contributed by atoms with van der Waals surface area (Å²) in [6, 6.07) is 2.84. The molecule has 0 unspecified atom stereocenters. The van der Waals surface area contributed by atoms with Crippen molar-refractivity contribution in [2.45, 2.75) is 13.3 Å². The molecule has 0 aliphatic heterocycles. The van der Waals surface area contributed by atoms with Gasteiger partial charge in [0, 0.05) is 12.7 Å². The van der Waals surface area contributed by atoms with Crippen LogP contribution in [0.25, 0.3) is 0 Å². The van der Waals surface area contributed by atoms with Gasteiger partial charge in [-0.2, -0.15) is 0 Å². The SMILES string of the molecule is CCCN(CC(=O)OC)c1ncccc1F. The first-order valence-electron chi connectivity index (χ1n) is 5.11. The van der Waals surface area contributed by atoms with Crippen molar-refractivity contribution in [2.75, 3.05) is 25.1 Å². The Kier molecular flexibility index (Phi) is 4.69. The van der Waals surface area contributed by atoms with E-state index in [-0.39, 0.29) is 12.4 Å². The minimum atomic E-state index is -0.431. The highest BCUT2D eigenvalue weighted by Crippen LogP contribution is 2.15. The van der Waals surface area contributed by atoms with E-state index in [1.807, 2.05) is 6.92 Å². The maximum Gasteiger partial charge on any atom is 0.325 e. The van der Waals surface area contributed by atoms with Crippen LogP contribution in [-0.2, 0) is 9.53 Å². The first-order chi connectivity index (χ1) is 7.69. The van der Waals surface area contributed by atoms with E-state index in [0.717, 1.165) is 6.42 Å². The number of aromatic nitrogens is 1. The first kappa shape index (κ1) is 12.4. The third kappa shape index (κ3) is 3.18. The summed E-state index contributed by atoms with van der Waals surface area (Å²) in [5.41, 5.74) is 0. The highest BCUT2D eigenvalue weighted by Gasteiger charge is 2.15. The lowest BCUT2D eigenvalue weighted by Crippen LogP contribution is -2.32. The fourth-order valence-electron chi connectivity index (χ4n) is 1.36. The number of halogens is 1. The van der Waals surface area contributed by atoms with Crippen molar-refractivity contribution in [1.29, 1.82) is 0 Å². The lowest BCUT2D eigenvalue weighted by Gasteiger charge is -2.21. The molecule has 1 rings (SSSR count). The third-order valence-electron chi connectivity index (χ3n) is 2.08. The number of methoxy groups -OCH3 is 1. The average Bonchev–Trinajstić information content (AvgIpc) is 2.29. The summed E-state index contributed by atoms with van der Waals surface area (Å²) in [7, 11) is 1.31. The fourth-order valence-corrected chi connectivity index (χ4v) is 1.36. The van der Waals surface area contributed by atoms with Crippen LogP contribution in [-0.4, -0.2) is 31.2 Å². The number of carbonyl (C=O) groups excluding carboxylic acids is 1. The molecule has 0 aliphatic rings. The number of hydrogen-bond donors (Lipinski definition) is 0. The largest absolute Gasteiger partial charge is 0.468 e. The monoisotopic (exact) mass is 226 g/mol. The number of nitrogens with zero attached hydrogens (tertiary/aromatic N) is 2. The molecule has 0 N–H and O–H groups in total. The normalized spacial score (nSPS) is 9.94. The van der Waals surface area contributed by atoms with E-state index < -0.39 is 11.8 Å². The van der Waals surface area contributed by atoms with E-state index in [2.05, 4.69) is 9.72 Å². The van der Waals surface area contributed by atoms with Gasteiger partial charge in [-0.25, -0.2) is 9.37 Å². The highest BCUT2D eigenvalue weighted by atomic mass is 19.1. The zero-order valence-electron chi connectivity index (χ0n) is 9.44. The number of carbonyl (C=O) groups is 1. The van der Waals surface area contributed by atoms with Crippen LogP contribution in [0.5, 0.6) is 0 Å². The van der Waals surface area contributed by atoms with E-state index in [1.54, 1.807) is 4.90 Å². The summed E-state index contributed by atoms with van der Waals surface area (Å²) < 4.78 is 18.0. The van der Waals surface area contributed by atoms with Crippen molar-refractivity contribution in [2.24, 2.45) is 0 Å². The second-order valence-electron chi connectivity index (χ2n) is 3.31. The Bertz CT molecular complexity index is 358. The molecule has 0 fully saturated rings. The summed E-state index contributed by atoms with van der Waals surface area (Å²) in [6.45, 7) is 2.52. The molecule has 0 spiro atoms. The maximum absolute atomic E-state index is 13.5. The van der Waals surface area contributed by atoms with Gasteiger partial charge in [0.2, 0.25) is 0 Å². The van der Waals surface area contributed by atoms with E-state index in [4.69, 9.17) is 0 Å². The predicted molar refractivity (Wildman–Crippen MR) is 58.7 cm³/mol. The van der Waals surface area contributed by atoms with E-state index in [1.165, 1.54) is 25.4 Å². The van der Waals surface area contributed by atoms with E-state index in [0.29, 0.717) is 6.54 Å². The lowest BCUT2D eigenvalue weighted by molar-refractivity contribution is -0.138. The van der Waals surface area contributed by atoms with Crippen LogP contribution in [0.1, 0.15) is 13.3 Å². The van der Waals surface area contributed by atoms with Crippen molar-refractivity contribution >= 4 is 11.8 Å². The Morgan fingerprint density at radius 2 is 2.38 bits per heavy atom. The molecule has 0 bridgehead atoms. The maximum atomic E-state index is 13.5. The van der Waals surface area contributed by atoms with Crippen LogP contribution in [0.4, 0.5) is 10.2 Å². The Morgan fingerprint density at radius 3 is 2.94 bits per heavy atom. The number of pyridine rings is 1. The second-order valence-corrected chi connectivity index (χ2v) is 3.31. The molecule has 0 atom stereocenters. The molecule has 0 saturated carbocycles. The van der Waals surface area contributed by atoms with Gasteiger partial charge in [-0.3, -0.25) is 4.79 Å². The number of anilines is 1. The van der Waals surface area contributed by atoms with Gasteiger partial charge in [-0.15, -0.1) is 0 Å². The third-order valence-corrected chi connectivity index (χ3v) is 2.08. The zero-order chi connectivity index (χ0) is 12.0. The van der Waals surface area contributed by atoms with Gasteiger partial charge in [0.1, 0.15) is 6.54 Å². The zero-order valence-corrected chi connectivity index (χ0v) is 9.44. The molecular formula is C11H15FN2O2. The van der Waals surface area contributed by atoms with Crippen LogP contribution in [0.3, 0.4) is 0 Å². The van der Waals surface area contributed by atoms with Crippen LogP contribution in [0, 0.1) is 5.82 Å². The molecule has 0 saturated heterocycles.